The highest BCUT2D eigenvalue weighted by atomic mass is 19.4. The van der Waals surface area contributed by atoms with E-state index in [0.29, 0.717) is 0 Å². The standard InChI is InChI=1S/C20H15F4N3O3/c1-19(29,11-30-16-5-3-13(10-26)17(21)7-16)18(28)27-15-4-2-12(9-25)14(6-15)8-20(22,23)24/h2-7,29H,8,11H2,1H3,(H,27,28)/t19-/m0/s1. The zero-order valence-corrected chi connectivity index (χ0v) is 15.5. The van der Waals surface area contributed by atoms with Crippen LogP contribution < -0.4 is 10.1 Å². The Morgan fingerprint density at radius 2 is 1.77 bits per heavy atom. The lowest BCUT2D eigenvalue weighted by Crippen LogP contribution is -2.45. The van der Waals surface area contributed by atoms with Gasteiger partial charge in [-0.2, -0.15) is 23.7 Å². The van der Waals surface area contributed by atoms with Crippen molar-refractivity contribution in [3.63, 3.8) is 0 Å². The number of carbonyl (C=O) groups is 1. The molecule has 0 aliphatic heterocycles. The highest BCUT2D eigenvalue weighted by molar-refractivity contribution is 5.97. The quantitative estimate of drug-likeness (QED) is 0.695. The van der Waals surface area contributed by atoms with Crippen molar-refractivity contribution in [1.29, 1.82) is 10.5 Å². The average Bonchev–Trinajstić information content (AvgIpc) is 2.65. The Morgan fingerprint density at radius 1 is 1.13 bits per heavy atom. The van der Waals surface area contributed by atoms with Gasteiger partial charge in [-0.05, 0) is 42.8 Å². The molecule has 0 unspecified atom stereocenters. The third kappa shape index (κ3) is 5.93. The maximum Gasteiger partial charge on any atom is 0.393 e. The molecule has 0 spiro atoms. The Labute approximate surface area is 168 Å². The van der Waals surface area contributed by atoms with Crippen molar-refractivity contribution in [3.8, 4) is 17.9 Å². The van der Waals surface area contributed by atoms with E-state index in [1.165, 1.54) is 18.2 Å². The van der Waals surface area contributed by atoms with Gasteiger partial charge in [-0.15, -0.1) is 0 Å². The molecule has 1 atom stereocenters. The second-order valence-electron chi connectivity index (χ2n) is 6.55. The predicted octanol–water partition coefficient (Wildman–Crippen LogP) is 3.44. The summed E-state index contributed by atoms with van der Waals surface area (Å²) in [5.74, 6) is -1.86. The molecule has 2 aromatic carbocycles. The van der Waals surface area contributed by atoms with E-state index in [-0.39, 0.29) is 28.1 Å². The average molecular weight is 421 g/mol. The van der Waals surface area contributed by atoms with Crippen molar-refractivity contribution in [1.82, 2.24) is 0 Å². The van der Waals surface area contributed by atoms with E-state index in [4.69, 9.17) is 15.3 Å². The molecule has 2 aromatic rings. The molecule has 0 aromatic heterocycles. The van der Waals surface area contributed by atoms with Crippen LogP contribution in [-0.2, 0) is 11.2 Å². The summed E-state index contributed by atoms with van der Waals surface area (Å²) in [5, 5.41) is 30.2. The summed E-state index contributed by atoms with van der Waals surface area (Å²) in [6.45, 7) is 0.498. The van der Waals surface area contributed by atoms with Crippen LogP contribution in [0.2, 0.25) is 0 Å². The van der Waals surface area contributed by atoms with Crippen LogP contribution in [0.25, 0.3) is 0 Å². The third-order valence-electron chi connectivity index (χ3n) is 3.94. The number of nitriles is 2. The number of benzene rings is 2. The Balaban J connectivity index is 2.10. The number of carbonyl (C=O) groups excluding carboxylic acids is 1. The smallest absolute Gasteiger partial charge is 0.393 e. The lowest BCUT2D eigenvalue weighted by molar-refractivity contribution is -0.135. The zero-order chi connectivity index (χ0) is 22.5. The van der Waals surface area contributed by atoms with Gasteiger partial charge in [-0.1, -0.05) is 0 Å². The SMILES string of the molecule is C[C@](O)(COc1ccc(C#N)c(F)c1)C(=O)Nc1ccc(C#N)c(CC(F)(F)F)c1. The van der Waals surface area contributed by atoms with Crippen molar-refractivity contribution in [2.45, 2.75) is 25.1 Å². The molecule has 0 fully saturated rings. The van der Waals surface area contributed by atoms with E-state index < -0.39 is 36.5 Å². The maximum atomic E-state index is 13.6. The van der Waals surface area contributed by atoms with E-state index in [1.54, 1.807) is 12.1 Å². The first-order chi connectivity index (χ1) is 13.9. The Kier molecular flexibility index (Phi) is 6.65. The van der Waals surface area contributed by atoms with Crippen LogP contribution in [0.3, 0.4) is 0 Å². The lowest BCUT2D eigenvalue weighted by Gasteiger charge is -2.23. The number of alkyl halides is 3. The monoisotopic (exact) mass is 421 g/mol. The second-order valence-corrected chi connectivity index (χ2v) is 6.55. The van der Waals surface area contributed by atoms with Gasteiger partial charge >= 0.3 is 6.18 Å². The maximum absolute atomic E-state index is 13.6. The first-order valence-electron chi connectivity index (χ1n) is 8.41. The van der Waals surface area contributed by atoms with Crippen LogP contribution in [0.1, 0.15) is 23.6 Å². The molecule has 0 aliphatic carbocycles. The van der Waals surface area contributed by atoms with Crippen molar-refractivity contribution < 1.29 is 32.2 Å². The number of aliphatic hydroxyl groups is 1. The van der Waals surface area contributed by atoms with Crippen molar-refractivity contribution >= 4 is 11.6 Å². The van der Waals surface area contributed by atoms with Gasteiger partial charge in [-0.25, -0.2) is 4.39 Å². The summed E-state index contributed by atoms with van der Waals surface area (Å²) in [7, 11) is 0. The Bertz CT molecular complexity index is 1040. The molecule has 0 aliphatic rings. The molecule has 156 valence electrons. The van der Waals surface area contributed by atoms with Crippen LogP contribution in [0.5, 0.6) is 5.75 Å². The number of halogens is 4. The second kappa shape index (κ2) is 8.80. The summed E-state index contributed by atoms with van der Waals surface area (Å²) >= 11 is 0. The lowest BCUT2D eigenvalue weighted by atomic mass is 10.0. The van der Waals surface area contributed by atoms with Gasteiger partial charge in [0, 0.05) is 11.8 Å². The first kappa shape index (κ1) is 22.7. The fourth-order valence-electron chi connectivity index (χ4n) is 2.37. The summed E-state index contributed by atoms with van der Waals surface area (Å²) in [5.41, 5.74) is -2.90. The van der Waals surface area contributed by atoms with Crippen molar-refractivity contribution in [3.05, 3.63) is 58.9 Å². The summed E-state index contributed by atoms with van der Waals surface area (Å²) < 4.78 is 56.8. The largest absolute Gasteiger partial charge is 0.490 e. The molecule has 2 N–H and O–H groups in total. The summed E-state index contributed by atoms with van der Waals surface area (Å²) in [6.07, 6.45) is -5.91. The fraction of sp³-hybridized carbons (Fsp3) is 0.250. The van der Waals surface area contributed by atoms with Gasteiger partial charge < -0.3 is 15.2 Å². The summed E-state index contributed by atoms with van der Waals surface area (Å²) in [6, 6.07) is 9.98. The molecule has 0 bridgehead atoms. The van der Waals surface area contributed by atoms with E-state index in [2.05, 4.69) is 5.32 Å². The molecule has 0 heterocycles. The zero-order valence-electron chi connectivity index (χ0n) is 15.5. The van der Waals surface area contributed by atoms with Crippen molar-refractivity contribution in [2.75, 3.05) is 11.9 Å². The van der Waals surface area contributed by atoms with Gasteiger partial charge in [0.2, 0.25) is 0 Å². The van der Waals surface area contributed by atoms with E-state index >= 15 is 0 Å². The number of nitrogens with one attached hydrogen (secondary N) is 1. The molecule has 0 saturated heterocycles. The minimum absolute atomic E-state index is 0.0367. The summed E-state index contributed by atoms with van der Waals surface area (Å²) in [4.78, 5) is 12.3. The topological polar surface area (TPSA) is 106 Å². The van der Waals surface area contributed by atoms with Crippen LogP contribution in [0.15, 0.2) is 36.4 Å². The number of hydrogen-bond acceptors (Lipinski definition) is 5. The van der Waals surface area contributed by atoms with Gasteiger partial charge in [-0.3, -0.25) is 4.79 Å². The minimum Gasteiger partial charge on any atom is -0.490 e. The highest BCUT2D eigenvalue weighted by Gasteiger charge is 2.32. The number of rotatable bonds is 6. The molecule has 30 heavy (non-hydrogen) atoms. The van der Waals surface area contributed by atoms with Crippen LogP contribution in [-0.4, -0.2) is 29.4 Å². The van der Waals surface area contributed by atoms with Gasteiger partial charge in [0.25, 0.3) is 5.91 Å². The molecule has 0 radical (unpaired) electrons. The van der Waals surface area contributed by atoms with Gasteiger partial charge in [0.1, 0.15) is 24.2 Å². The molecular formula is C20H15F4N3O3. The molecular weight excluding hydrogens is 406 g/mol. The molecule has 2 rings (SSSR count). The minimum atomic E-state index is -4.55. The fourth-order valence-corrected chi connectivity index (χ4v) is 2.37. The third-order valence-corrected chi connectivity index (χ3v) is 3.94. The molecule has 6 nitrogen and oxygen atoms in total. The number of hydrogen-bond donors (Lipinski definition) is 2. The number of anilines is 1. The van der Waals surface area contributed by atoms with E-state index in [0.717, 1.165) is 25.1 Å². The van der Waals surface area contributed by atoms with E-state index in [1.807, 2.05) is 0 Å². The highest BCUT2D eigenvalue weighted by Crippen LogP contribution is 2.26. The number of amides is 1. The molecule has 10 heteroatoms. The predicted molar refractivity (Wildman–Crippen MR) is 96.8 cm³/mol. The Morgan fingerprint density at radius 3 is 2.33 bits per heavy atom. The van der Waals surface area contributed by atoms with Crippen LogP contribution in [0.4, 0.5) is 23.2 Å². The molecule has 0 saturated carbocycles. The van der Waals surface area contributed by atoms with Gasteiger partial charge in [0.05, 0.1) is 23.6 Å². The van der Waals surface area contributed by atoms with E-state index in [9.17, 15) is 27.5 Å². The number of nitrogens with zero attached hydrogens (tertiary/aromatic N) is 2. The first-order valence-corrected chi connectivity index (χ1v) is 8.41. The Hall–Kier alpha value is -3.63. The number of ether oxygens (including phenoxy) is 1. The normalized spacial score (nSPS) is 12.9. The van der Waals surface area contributed by atoms with Gasteiger partial charge in [0.15, 0.2) is 5.60 Å². The van der Waals surface area contributed by atoms with Crippen LogP contribution >= 0.6 is 0 Å². The molecule has 1 amide bonds. The van der Waals surface area contributed by atoms with Crippen molar-refractivity contribution in [2.24, 2.45) is 0 Å². The van der Waals surface area contributed by atoms with Crippen LogP contribution in [0, 0.1) is 28.5 Å².